The Balaban J connectivity index is 2.01. The number of hydrogen-bond acceptors (Lipinski definition) is 2. The summed E-state index contributed by atoms with van der Waals surface area (Å²) in [5.41, 5.74) is 2.71. The maximum Gasteiger partial charge on any atom is 0.126 e. The molecule has 19 heavy (non-hydrogen) atoms. The lowest BCUT2D eigenvalue weighted by Crippen LogP contribution is -2.18. The second kappa shape index (κ2) is 6.26. The van der Waals surface area contributed by atoms with Gasteiger partial charge in [0.2, 0.25) is 0 Å². The predicted molar refractivity (Wildman–Crippen MR) is 78.3 cm³/mol. The number of halogens is 2. The molecule has 0 spiro atoms. The fourth-order valence-corrected chi connectivity index (χ4v) is 2.23. The van der Waals surface area contributed by atoms with Gasteiger partial charge in [-0.05, 0) is 58.6 Å². The maximum atomic E-state index is 13.5. The monoisotopic (exact) mass is 322 g/mol. The Kier molecular flexibility index (Phi) is 4.66. The van der Waals surface area contributed by atoms with E-state index in [2.05, 4.69) is 26.2 Å². The van der Waals surface area contributed by atoms with Crippen molar-refractivity contribution in [2.24, 2.45) is 0 Å². The minimum absolute atomic E-state index is 0.0917. The molecule has 0 amide bonds. The molecule has 0 fully saturated rings. The molecule has 0 aliphatic heterocycles. The summed E-state index contributed by atoms with van der Waals surface area (Å²) >= 11 is 3.39. The molecule has 1 heterocycles. The van der Waals surface area contributed by atoms with Crippen molar-refractivity contribution in [3.63, 3.8) is 0 Å². The molecule has 0 aliphatic rings. The highest BCUT2D eigenvalue weighted by molar-refractivity contribution is 9.10. The normalized spacial score (nSPS) is 12.4. The van der Waals surface area contributed by atoms with Gasteiger partial charge < -0.3 is 5.32 Å². The van der Waals surface area contributed by atoms with Crippen LogP contribution < -0.4 is 5.32 Å². The van der Waals surface area contributed by atoms with Gasteiger partial charge in [-0.2, -0.15) is 0 Å². The number of pyridine rings is 1. The molecular weight excluding hydrogens is 307 g/mol. The number of aryl methyl sites for hydroxylation is 1. The van der Waals surface area contributed by atoms with Crippen molar-refractivity contribution >= 4 is 15.9 Å². The summed E-state index contributed by atoms with van der Waals surface area (Å²) in [6, 6.07) is 7.46. The van der Waals surface area contributed by atoms with Crippen LogP contribution in [0.3, 0.4) is 0 Å². The van der Waals surface area contributed by atoms with E-state index >= 15 is 0 Å². The van der Waals surface area contributed by atoms with E-state index in [1.165, 1.54) is 0 Å². The van der Waals surface area contributed by atoms with Crippen molar-refractivity contribution in [3.05, 3.63) is 63.6 Å². The van der Waals surface area contributed by atoms with Gasteiger partial charge in [0, 0.05) is 29.5 Å². The van der Waals surface area contributed by atoms with Gasteiger partial charge in [-0.3, -0.25) is 4.98 Å². The van der Waals surface area contributed by atoms with Crippen LogP contribution in [-0.2, 0) is 6.54 Å². The Hall–Kier alpha value is -1.26. The summed E-state index contributed by atoms with van der Waals surface area (Å²) in [6.07, 6.45) is 3.57. The number of nitrogens with zero attached hydrogens (tertiary/aromatic N) is 1. The lowest BCUT2D eigenvalue weighted by atomic mass is 10.1. The molecule has 1 N–H and O–H groups in total. The third-order valence-electron chi connectivity index (χ3n) is 3.07. The van der Waals surface area contributed by atoms with Gasteiger partial charge in [0.1, 0.15) is 5.82 Å². The molecule has 100 valence electrons. The molecule has 2 nitrogen and oxygen atoms in total. The van der Waals surface area contributed by atoms with E-state index in [0.717, 1.165) is 15.6 Å². The van der Waals surface area contributed by atoms with Gasteiger partial charge in [-0.15, -0.1) is 0 Å². The Morgan fingerprint density at radius 1 is 1.32 bits per heavy atom. The first-order chi connectivity index (χ1) is 9.06. The zero-order valence-corrected chi connectivity index (χ0v) is 12.5. The van der Waals surface area contributed by atoms with Crippen molar-refractivity contribution < 1.29 is 4.39 Å². The summed E-state index contributed by atoms with van der Waals surface area (Å²) in [4.78, 5) is 4.11. The van der Waals surface area contributed by atoms with E-state index in [9.17, 15) is 4.39 Å². The van der Waals surface area contributed by atoms with E-state index in [1.54, 1.807) is 19.2 Å². The second-order valence-corrected chi connectivity index (χ2v) is 5.54. The molecule has 2 rings (SSSR count). The number of aromatic nitrogens is 1. The van der Waals surface area contributed by atoms with Crippen molar-refractivity contribution in [1.82, 2.24) is 10.3 Å². The van der Waals surface area contributed by atoms with Crippen LogP contribution in [0.2, 0.25) is 0 Å². The quantitative estimate of drug-likeness (QED) is 0.915. The Morgan fingerprint density at radius 2 is 2.11 bits per heavy atom. The summed E-state index contributed by atoms with van der Waals surface area (Å²) in [6.45, 7) is 4.49. The fourth-order valence-electron chi connectivity index (χ4n) is 1.82. The van der Waals surface area contributed by atoms with Crippen LogP contribution in [0.4, 0.5) is 4.39 Å². The lowest BCUT2D eigenvalue weighted by Gasteiger charge is -2.15. The summed E-state index contributed by atoms with van der Waals surface area (Å²) < 4.78 is 14.5. The molecule has 1 unspecified atom stereocenters. The molecule has 1 aromatic heterocycles. The molecular formula is C15H16BrFN2. The van der Waals surface area contributed by atoms with E-state index in [-0.39, 0.29) is 11.9 Å². The summed E-state index contributed by atoms with van der Waals surface area (Å²) in [7, 11) is 0. The van der Waals surface area contributed by atoms with Gasteiger partial charge in [0.25, 0.3) is 0 Å². The second-order valence-electron chi connectivity index (χ2n) is 4.62. The minimum Gasteiger partial charge on any atom is -0.306 e. The van der Waals surface area contributed by atoms with Crippen LogP contribution >= 0.6 is 15.9 Å². The van der Waals surface area contributed by atoms with Crippen LogP contribution in [0, 0.1) is 12.7 Å². The van der Waals surface area contributed by atoms with Crippen LogP contribution in [0.25, 0.3) is 0 Å². The standard InChI is InChI=1S/C15H16BrFN2/c1-10-3-4-13(6-15(10)17)11(2)19-8-12-5-14(16)9-18-7-12/h3-7,9,11,19H,8H2,1-2H3. The SMILES string of the molecule is Cc1ccc(C(C)NCc2cncc(Br)c2)cc1F. The van der Waals surface area contributed by atoms with E-state index < -0.39 is 0 Å². The van der Waals surface area contributed by atoms with Crippen LogP contribution in [0.1, 0.15) is 29.7 Å². The van der Waals surface area contributed by atoms with Crippen molar-refractivity contribution in [3.8, 4) is 0 Å². The lowest BCUT2D eigenvalue weighted by molar-refractivity contribution is 0.562. The molecule has 1 atom stereocenters. The molecule has 0 radical (unpaired) electrons. The molecule has 0 aliphatic carbocycles. The first-order valence-corrected chi connectivity index (χ1v) is 6.94. The fraction of sp³-hybridized carbons (Fsp3) is 0.267. The molecule has 1 aromatic carbocycles. The van der Waals surface area contributed by atoms with Gasteiger partial charge in [0.05, 0.1) is 0 Å². The van der Waals surface area contributed by atoms with E-state index in [4.69, 9.17) is 0 Å². The molecule has 0 bridgehead atoms. The number of benzene rings is 1. The molecule has 2 aromatic rings. The van der Waals surface area contributed by atoms with Crippen molar-refractivity contribution in [2.45, 2.75) is 26.4 Å². The largest absolute Gasteiger partial charge is 0.306 e. The first-order valence-electron chi connectivity index (χ1n) is 6.15. The van der Waals surface area contributed by atoms with Crippen LogP contribution in [0.5, 0.6) is 0 Å². The Bertz CT molecular complexity index is 572. The smallest absolute Gasteiger partial charge is 0.126 e. The molecule has 4 heteroatoms. The Labute approximate surface area is 121 Å². The zero-order chi connectivity index (χ0) is 13.8. The highest BCUT2D eigenvalue weighted by atomic mass is 79.9. The van der Waals surface area contributed by atoms with Crippen molar-refractivity contribution in [1.29, 1.82) is 0 Å². The van der Waals surface area contributed by atoms with Crippen LogP contribution in [-0.4, -0.2) is 4.98 Å². The third kappa shape index (κ3) is 3.85. The minimum atomic E-state index is -0.157. The van der Waals surface area contributed by atoms with E-state index in [0.29, 0.717) is 12.1 Å². The number of hydrogen-bond donors (Lipinski definition) is 1. The number of nitrogens with one attached hydrogen (secondary N) is 1. The zero-order valence-electron chi connectivity index (χ0n) is 11.0. The molecule has 0 saturated heterocycles. The van der Waals surface area contributed by atoms with Gasteiger partial charge in [0.15, 0.2) is 0 Å². The highest BCUT2D eigenvalue weighted by Crippen LogP contribution is 2.17. The number of rotatable bonds is 4. The van der Waals surface area contributed by atoms with Gasteiger partial charge in [-0.25, -0.2) is 4.39 Å². The summed E-state index contributed by atoms with van der Waals surface area (Å²) in [5, 5.41) is 3.36. The topological polar surface area (TPSA) is 24.9 Å². The summed E-state index contributed by atoms with van der Waals surface area (Å²) in [5.74, 6) is -0.157. The maximum absolute atomic E-state index is 13.5. The molecule has 0 saturated carbocycles. The van der Waals surface area contributed by atoms with Crippen molar-refractivity contribution in [2.75, 3.05) is 0 Å². The highest BCUT2D eigenvalue weighted by Gasteiger charge is 2.07. The van der Waals surface area contributed by atoms with E-state index in [1.807, 2.05) is 31.3 Å². The van der Waals surface area contributed by atoms with Gasteiger partial charge >= 0.3 is 0 Å². The average molecular weight is 323 g/mol. The first kappa shape index (κ1) is 14.2. The van der Waals surface area contributed by atoms with Crippen LogP contribution in [0.15, 0.2) is 41.1 Å². The predicted octanol–water partition coefficient (Wildman–Crippen LogP) is 4.14. The average Bonchev–Trinajstić information content (AvgIpc) is 2.39. The van der Waals surface area contributed by atoms with Gasteiger partial charge in [-0.1, -0.05) is 12.1 Å². The Morgan fingerprint density at radius 3 is 2.79 bits per heavy atom. The third-order valence-corrected chi connectivity index (χ3v) is 3.50.